The van der Waals surface area contributed by atoms with E-state index in [-0.39, 0.29) is 12.1 Å². The highest BCUT2D eigenvalue weighted by molar-refractivity contribution is 5.74. The van der Waals surface area contributed by atoms with E-state index in [0.29, 0.717) is 6.04 Å². The van der Waals surface area contributed by atoms with Gasteiger partial charge >= 0.3 is 6.03 Å². The van der Waals surface area contributed by atoms with Crippen LogP contribution in [0.15, 0.2) is 0 Å². The minimum Gasteiger partial charge on any atom is -0.335 e. The standard InChI is InChI=1S/C17H31N5O/c1-12(10-16-13(2)19-21(6)14(16)3)18-17(23)22-9-7-8-15(11-22)20(4)5/h12,15H,7-11H2,1-6H3,(H,18,23). The number of hydrogen-bond acceptors (Lipinski definition) is 3. The van der Waals surface area contributed by atoms with Crippen LogP contribution >= 0.6 is 0 Å². The molecule has 1 aromatic heterocycles. The van der Waals surface area contributed by atoms with Gasteiger partial charge in [-0.05, 0) is 59.7 Å². The number of likely N-dealkylation sites (N-methyl/N-ethyl adjacent to an activating group) is 1. The molecule has 0 radical (unpaired) electrons. The van der Waals surface area contributed by atoms with Crippen LogP contribution in [0.2, 0.25) is 0 Å². The molecule has 6 heteroatoms. The third kappa shape index (κ3) is 4.25. The number of rotatable bonds is 4. The van der Waals surface area contributed by atoms with Crippen molar-refractivity contribution < 1.29 is 4.79 Å². The predicted octanol–water partition coefficient (Wildman–Crippen LogP) is 1.70. The number of hydrogen-bond donors (Lipinski definition) is 1. The molecule has 1 aromatic rings. The second kappa shape index (κ2) is 7.34. The third-order valence-corrected chi connectivity index (χ3v) is 4.95. The first-order valence-electron chi connectivity index (χ1n) is 8.50. The van der Waals surface area contributed by atoms with Crippen molar-refractivity contribution in [1.82, 2.24) is 24.9 Å². The van der Waals surface area contributed by atoms with Crippen LogP contribution in [-0.4, -0.2) is 64.9 Å². The van der Waals surface area contributed by atoms with Crippen molar-refractivity contribution in [1.29, 1.82) is 0 Å². The lowest BCUT2D eigenvalue weighted by molar-refractivity contribution is 0.138. The number of likely N-dealkylation sites (tertiary alicyclic amines) is 1. The average Bonchev–Trinajstić information content (AvgIpc) is 2.73. The van der Waals surface area contributed by atoms with Crippen LogP contribution in [0.4, 0.5) is 4.79 Å². The zero-order valence-electron chi connectivity index (χ0n) is 15.4. The number of carbonyl (C=O) groups excluding carboxylic acids is 1. The van der Waals surface area contributed by atoms with Crippen LogP contribution in [0.5, 0.6) is 0 Å². The fourth-order valence-electron chi connectivity index (χ4n) is 3.33. The molecular formula is C17H31N5O. The Labute approximate surface area is 139 Å². The van der Waals surface area contributed by atoms with Crippen molar-refractivity contribution in [2.24, 2.45) is 7.05 Å². The molecule has 2 heterocycles. The van der Waals surface area contributed by atoms with Crippen molar-refractivity contribution in [2.75, 3.05) is 27.2 Å². The van der Waals surface area contributed by atoms with Gasteiger partial charge in [-0.25, -0.2) is 4.79 Å². The Balaban J connectivity index is 1.92. The molecule has 1 N–H and O–H groups in total. The summed E-state index contributed by atoms with van der Waals surface area (Å²) >= 11 is 0. The second-order valence-electron chi connectivity index (χ2n) is 7.03. The molecule has 23 heavy (non-hydrogen) atoms. The summed E-state index contributed by atoms with van der Waals surface area (Å²) in [6.45, 7) is 7.85. The second-order valence-corrected chi connectivity index (χ2v) is 7.03. The molecule has 1 fully saturated rings. The highest BCUT2D eigenvalue weighted by Crippen LogP contribution is 2.16. The maximum atomic E-state index is 12.5. The number of piperidine rings is 1. The quantitative estimate of drug-likeness (QED) is 0.918. The molecule has 1 saturated heterocycles. The Hall–Kier alpha value is -1.56. The van der Waals surface area contributed by atoms with Gasteiger partial charge in [-0.1, -0.05) is 0 Å². The number of nitrogens with one attached hydrogen (secondary N) is 1. The van der Waals surface area contributed by atoms with Crippen molar-refractivity contribution >= 4 is 6.03 Å². The fraction of sp³-hybridized carbons (Fsp3) is 0.765. The number of amides is 2. The van der Waals surface area contributed by atoms with Gasteiger partial charge in [0.1, 0.15) is 0 Å². The SMILES string of the molecule is Cc1nn(C)c(C)c1CC(C)NC(=O)N1CCCC(N(C)C)C1. The molecule has 1 aliphatic rings. The summed E-state index contributed by atoms with van der Waals surface area (Å²) in [5, 5.41) is 7.60. The first-order valence-corrected chi connectivity index (χ1v) is 8.50. The van der Waals surface area contributed by atoms with E-state index in [1.807, 2.05) is 23.6 Å². The highest BCUT2D eigenvalue weighted by Gasteiger charge is 2.25. The van der Waals surface area contributed by atoms with Gasteiger partial charge in [0.05, 0.1) is 5.69 Å². The van der Waals surface area contributed by atoms with Gasteiger partial charge in [0, 0.05) is 37.9 Å². The van der Waals surface area contributed by atoms with E-state index in [4.69, 9.17) is 0 Å². The van der Waals surface area contributed by atoms with E-state index in [2.05, 4.69) is 43.3 Å². The van der Waals surface area contributed by atoms with E-state index in [9.17, 15) is 4.79 Å². The topological polar surface area (TPSA) is 53.4 Å². The maximum Gasteiger partial charge on any atom is 0.317 e. The summed E-state index contributed by atoms with van der Waals surface area (Å²) in [6, 6.07) is 0.625. The summed E-state index contributed by atoms with van der Waals surface area (Å²) < 4.78 is 1.91. The molecule has 0 spiro atoms. The molecule has 0 aromatic carbocycles. The Kier molecular flexibility index (Phi) is 5.68. The van der Waals surface area contributed by atoms with E-state index in [1.165, 1.54) is 17.7 Å². The Morgan fingerprint density at radius 2 is 2.13 bits per heavy atom. The van der Waals surface area contributed by atoms with Crippen molar-refractivity contribution in [3.05, 3.63) is 17.0 Å². The van der Waals surface area contributed by atoms with Gasteiger partial charge in [-0.2, -0.15) is 5.10 Å². The van der Waals surface area contributed by atoms with E-state index in [1.54, 1.807) is 0 Å². The van der Waals surface area contributed by atoms with E-state index in [0.717, 1.165) is 31.6 Å². The number of aromatic nitrogens is 2. The normalized spacial score (nSPS) is 20.0. The molecule has 0 aliphatic carbocycles. The number of nitrogens with zero attached hydrogens (tertiary/aromatic N) is 4. The van der Waals surface area contributed by atoms with Gasteiger partial charge < -0.3 is 15.1 Å². The molecule has 2 amide bonds. The van der Waals surface area contributed by atoms with E-state index < -0.39 is 0 Å². The summed E-state index contributed by atoms with van der Waals surface area (Å²) in [6.07, 6.45) is 3.06. The van der Waals surface area contributed by atoms with Crippen LogP contribution in [-0.2, 0) is 13.5 Å². The molecular weight excluding hydrogens is 290 g/mol. The lowest BCUT2D eigenvalue weighted by atomic mass is 10.0. The fourth-order valence-corrected chi connectivity index (χ4v) is 3.33. The highest BCUT2D eigenvalue weighted by atomic mass is 16.2. The van der Waals surface area contributed by atoms with Crippen LogP contribution < -0.4 is 5.32 Å². The summed E-state index contributed by atoms with van der Waals surface area (Å²) in [5.74, 6) is 0. The smallest absolute Gasteiger partial charge is 0.317 e. The van der Waals surface area contributed by atoms with Crippen LogP contribution in [0.1, 0.15) is 36.7 Å². The molecule has 1 aliphatic heterocycles. The van der Waals surface area contributed by atoms with Gasteiger partial charge in [0.2, 0.25) is 0 Å². The monoisotopic (exact) mass is 321 g/mol. The zero-order valence-corrected chi connectivity index (χ0v) is 15.4. The molecule has 2 rings (SSSR count). The predicted molar refractivity (Wildman–Crippen MR) is 92.7 cm³/mol. The Morgan fingerprint density at radius 3 is 2.70 bits per heavy atom. The Morgan fingerprint density at radius 1 is 1.43 bits per heavy atom. The molecule has 0 bridgehead atoms. The van der Waals surface area contributed by atoms with Gasteiger partial charge in [0.25, 0.3) is 0 Å². The summed E-state index contributed by atoms with van der Waals surface area (Å²) in [5.41, 5.74) is 3.47. The van der Waals surface area contributed by atoms with Crippen LogP contribution in [0.25, 0.3) is 0 Å². The minimum atomic E-state index is 0.0586. The van der Waals surface area contributed by atoms with Gasteiger partial charge in [0.15, 0.2) is 0 Å². The van der Waals surface area contributed by atoms with E-state index >= 15 is 0 Å². The molecule has 2 atom stereocenters. The van der Waals surface area contributed by atoms with Crippen molar-refractivity contribution in [3.8, 4) is 0 Å². The average molecular weight is 321 g/mol. The van der Waals surface area contributed by atoms with Crippen LogP contribution in [0.3, 0.4) is 0 Å². The number of aryl methyl sites for hydroxylation is 2. The molecule has 0 saturated carbocycles. The first-order chi connectivity index (χ1) is 10.8. The van der Waals surface area contributed by atoms with Gasteiger partial charge in [-0.3, -0.25) is 4.68 Å². The third-order valence-electron chi connectivity index (χ3n) is 4.95. The lowest BCUT2D eigenvalue weighted by Crippen LogP contribution is -2.52. The Bertz CT molecular complexity index is 551. The summed E-state index contributed by atoms with van der Waals surface area (Å²) in [4.78, 5) is 16.7. The largest absolute Gasteiger partial charge is 0.335 e. The van der Waals surface area contributed by atoms with Gasteiger partial charge in [-0.15, -0.1) is 0 Å². The zero-order chi connectivity index (χ0) is 17.1. The minimum absolute atomic E-state index is 0.0586. The maximum absolute atomic E-state index is 12.5. The van der Waals surface area contributed by atoms with Crippen molar-refractivity contribution in [3.63, 3.8) is 0 Å². The molecule has 6 nitrogen and oxygen atoms in total. The van der Waals surface area contributed by atoms with Crippen LogP contribution in [0, 0.1) is 13.8 Å². The lowest BCUT2D eigenvalue weighted by Gasteiger charge is -2.36. The summed E-state index contributed by atoms with van der Waals surface area (Å²) in [7, 11) is 6.13. The number of carbonyl (C=O) groups is 1. The number of urea groups is 1. The first kappa shape index (κ1) is 17.8. The molecule has 2 unspecified atom stereocenters. The van der Waals surface area contributed by atoms with Crippen molar-refractivity contribution in [2.45, 2.75) is 52.1 Å². The molecule has 130 valence electrons.